The Morgan fingerprint density at radius 2 is 1.43 bits per heavy atom. The van der Waals surface area contributed by atoms with Gasteiger partial charge >= 0.3 is 6.03 Å². The van der Waals surface area contributed by atoms with Crippen molar-refractivity contribution in [3.8, 4) is 0 Å². The van der Waals surface area contributed by atoms with Gasteiger partial charge in [0.25, 0.3) is 5.56 Å². The molecule has 3 aromatic carbocycles. The van der Waals surface area contributed by atoms with Crippen LogP contribution in [0.4, 0.5) is 4.79 Å². The molecule has 4 aromatic rings. The first-order valence-electron chi connectivity index (χ1n) is 13.8. The lowest BCUT2D eigenvalue weighted by atomic mass is 9.98. The van der Waals surface area contributed by atoms with Crippen LogP contribution in [0.5, 0.6) is 0 Å². The van der Waals surface area contributed by atoms with E-state index in [4.69, 9.17) is 0 Å². The van der Waals surface area contributed by atoms with E-state index in [2.05, 4.69) is 119 Å². The van der Waals surface area contributed by atoms with Crippen LogP contribution in [0.25, 0.3) is 5.57 Å². The van der Waals surface area contributed by atoms with Gasteiger partial charge in [-0.05, 0) is 48.9 Å². The summed E-state index contributed by atoms with van der Waals surface area (Å²) in [6.45, 7) is 2.50. The van der Waals surface area contributed by atoms with Gasteiger partial charge in [-0.2, -0.15) is 14.4 Å². The fraction of sp³-hybridized carbons (Fsp3) is 0.156. The summed E-state index contributed by atoms with van der Waals surface area (Å²) < 4.78 is 37.7. The van der Waals surface area contributed by atoms with Crippen LogP contribution < -0.4 is 21.5 Å². The van der Waals surface area contributed by atoms with E-state index < -0.39 is 29.7 Å². The third-order valence-electron chi connectivity index (χ3n) is 7.36. The van der Waals surface area contributed by atoms with E-state index in [0.29, 0.717) is 16.2 Å². The van der Waals surface area contributed by atoms with Gasteiger partial charge in [-0.15, -0.1) is 0 Å². The Bertz CT molecular complexity index is 1750. The van der Waals surface area contributed by atoms with Crippen LogP contribution in [0, 0.1) is 0 Å². The number of amides is 2. The monoisotopic (exact) mass is 630 g/mol. The van der Waals surface area contributed by atoms with Gasteiger partial charge in [0.05, 0.1) is 18.6 Å². The Hall–Kier alpha value is -4.41. The van der Waals surface area contributed by atoms with Crippen molar-refractivity contribution in [2.45, 2.75) is 13.0 Å². The smallest absolute Gasteiger partial charge is 0.346 e. The fourth-order valence-electron chi connectivity index (χ4n) is 5.39. The molecule has 2 amide bonds. The second kappa shape index (κ2) is 13.1. The minimum absolute atomic E-state index is 0.162. The molecule has 1 atom stereocenters. The number of hydrogen-bond acceptors (Lipinski definition) is 7. The third-order valence-corrected chi connectivity index (χ3v) is 11.8. The number of rotatable bonds is 7. The Morgan fingerprint density at radius 1 is 0.909 bits per heavy atom. The van der Waals surface area contributed by atoms with Gasteiger partial charge in [0.2, 0.25) is 10.4 Å². The lowest BCUT2D eigenvalue weighted by Gasteiger charge is -2.25. The van der Waals surface area contributed by atoms with Crippen LogP contribution in [0.2, 0.25) is 0 Å². The van der Waals surface area contributed by atoms with Gasteiger partial charge in [-0.1, -0.05) is 66.7 Å². The number of allylic oxidation sites excluding steroid dienone is 1. The summed E-state index contributed by atoms with van der Waals surface area (Å²) in [5, 5.41) is 8.59. The zero-order valence-electron chi connectivity index (χ0n) is 24.1. The molecule has 0 aliphatic carbocycles. The van der Waals surface area contributed by atoms with Crippen LogP contribution >= 0.6 is 7.26 Å². The Balaban J connectivity index is 0.000000175. The van der Waals surface area contributed by atoms with E-state index in [1.54, 1.807) is 6.08 Å². The minimum atomic E-state index is -5.08. The maximum absolute atomic E-state index is 12.0. The Morgan fingerprint density at radius 3 is 1.89 bits per heavy atom. The van der Waals surface area contributed by atoms with Crippen molar-refractivity contribution < 1.29 is 22.0 Å². The topological polar surface area (TPSA) is 125 Å². The summed E-state index contributed by atoms with van der Waals surface area (Å²) in [4.78, 5) is 25.0. The predicted octanol–water partition coefficient (Wildman–Crippen LogP) is 3.19. The number of fused-ring (bicyclic) bond motifs is 2. The molecular weight excluding hydrogens is 599 g/mol. The van der Waals surface area contributed by atoms with Crippen molar-refractivity contribution in [3.63, 3.8) is 0 Å². The number of nitrogens with zero attached hydrogens (tertiary/aromatic N) is 4. The molecule has 0 spiro atoms. The van der Waals surface area contributed by atoms with Gasteiger partial charge in [-0.3, -0.25) is 4.79 Å². The van der Waals surface area contributed by atoms with E-state index in [9.17, 15) is 22.6 Å². The van der Waals surface area contributed by atoms with Crippen molar-refractivity contribution in [3.05, 3.63) is 137 Å². The summed E-state index contributed by atoms with van der Waals surface area (Å²) in [6.07, 6.45) is 5.29. The van der Waals surface area contributed by atoms with E-state index in [1.807, 2.05) is 0 Å². The molecule has 0 N–H and O–H groups in total. The maximum Gasteiger partial charge on any atom is 0.346 e. The summed E-state index contributed by atoms with van der Waals surface area (Å²) >= 11 is 0. The van der Waals surface area contributed by atoms with Gasteiger partial charge < -0.3 is 9.45 Å². The number of urea groups is 1. The summed E-state index contributed by atoms with van der Waals surface area (Å²) in [5.74, 6) is 2.41. The molecule has 6 rings (SSSR count). The molecule has 10 nitrogen and oxygen atoms in total. The second-order valence-corrected chi connectivity index (χ2v) is 14.3. The van der Waals surface area contributed by atoms with Crippen LogP contribution in [0.3, 0.4) is 0 Å². The zero-order valence-corrected chi connectivity index (χ0v) is 25.8. The molecule has 1 saturated heterocycles. The normalized spacial score (nSPS) is 16.5. The fourth-order valence-corrected chi connectivity index (χ4v) is 9.54. The number of carbonyl (C=O) groups excluding carboxylic acids is 1. The van der Waals surface area contributed by atoms with E-state index in [0.717, 1.165) is 4.68 Å². The number of aryl methyl sites for hydroxylation is 1. The summed E-state index contributed by atoms with van der Waals surface area (Å²) in [7, 11) is -5.33. The summed E-state index contributed by atoms with van der Waals surface area (Å²) in [6, 6.07) is 32.5. The highest BCUT2D eigenvalue weighted by Crippen LogP contribution is 2.56. The molecule has 0 saturated carbocycles. The Kier molecular flexibility index (Phi) is 9.22. The number of aromatic nitrogens is 2. The minimum Gasteiger partial charge on any atom is -0.724 e. The van der Waals surface area contributed by atoms with Crippen LogP contribution in [0.15, 0.2) is 126 Å². The van der Waals surface area contributed by atoms with E-state index >= 15 is 0 Å². The molecule has 1 unspecified atom stereocenters. The zero-order chi connectivity index (χ0) is 31.3. The highest BCUT2D eigenvalue weighted by atomic mass is 32.3. The third kappa shape index (κ3) is 6.41. The molecule has 2 bridgehead atoms. The van der Waals surface area contributed by atoms with Gasteiger partial charge in [0, 0.05) is 25.2 Å². The first-order valence-corrected chi connectivity index (χ1v) is 17.0. The standard InChI is InChI=1S/C21H20P.C11H12N4O6S/c1-2-18-22(19-12-6-3-7-13-19,20-14-8-4-9-15-20)21-16-10-5-11-17-21;1-13-10(16)4-7(5-12-13)8-2-3-14-6-9(8)15(11(14)17)21-22(18,19)20/h2-18H,1H3;2,4-5,9H,3,6H2,1H3,(H,18,19,20)/q+1;/p-1/b18-2-;. The molecule has 12 heteroatoms. The van der Waals surface area contributed by atoms with Crippen molar-refractivity contribution in [2.24, 2.45) is 7.05 Å². The highest BCUT2D eigenvalue weighted by Gasteiger charge is 2.45. The van der Waals surface area contributed by atoms with Crippen molar-refractivity contribution >= 4 is 45.2 Å². The molecule has 2 aliphatic heterocycles. The molecule has 2 aliphatic rings. The first kappa shape index (κ1) is 31.0. The first-order chi connectivity index (χ1) is 21.1. The predicted molar refractivity (Wildman–Crippen MR) is 171 cm³/mol. The average molecular weight is 631 g/mol. The van der Waals surface area contributed by atoms with Gasteiger partial charge in [-0.25, -0.2) is 17.9 Å². The van der Waals surface area contributed by atoms with Crippen LogP contribution in [-0.4, -0.2) is 57.9 Å². The molecule has 44 heavy (non-hydrogen) atoms. The lowest BCUT2D eigenvalue weighted by Crippen LogP contribution is -2.36. The molecule has 3 heterocycles. The maximum atomic E-state index is 12.0. The highest BCUT2D eigenvalue weighted by molar-refractivity contribution is 7.98. The lowest BCUT2D eigenvalue weighted by molar-refractivity contribution is -0.0171. The number of carbonyl (C=O) groups is 1. The quantitative estimate of drug-likeness (QED) is 0.175. The molecular formula is C32H31N4O6PS. The van der Waals surface area contributed by atoms with Crippen LogP contribution in [0.1, 0.15) is 12.5 Å². The molecule has 1 aromatic heterocycles. The van der Waals surface area contributed by atoms with Crippen molar-refractivity contribution in [1.29, 1.82) is 0 Å². The molecule has 1 fully saturated rings. The number of hydrogen-bond donors (Lipinski definition) is 0. The van der Waals surface area contributed by atoms with E-state index in [-0.39, 0.29) is 18.6 Å². The number of hydroxylamine groups is 2. The average Bonchev–Trinajstić information content (AvgIpc) is 3.26. The molecule has 226 valence electrons. The number of benzene rings is 3. The van der Waals surface area contributed by atoms with Gasteiger partial charge in [0.1, 0.15) is 29.2 Å². The molecule has 0 radical (unpaired) electrons. The van der Waals surface area contributed by atoms with E-state index in [1.165, 1.54) is 40.1 Å². The Labute approximate surface area is 256 Å². The second-order valence-electron chi connectivity index (χ2n) is 10.1. The van der Waals surface area contributed by atoms with Crippen LogP contribution in [-0.2, 0) is 21.7 Å². The SMILES string of the molecule is C/C=C\[P+](c1ccccc1)(c1ccccc1)c1ccccc1.Cn1ncc(C2=CCN3CC2N(OS(=O)(=O)[O-])C3=O)cc1=O. The van der Waals surface area contributed by atoms with Gasteiger partial charge in [0.15, 0.2) is 0 Å². The summed E-state index contributed by atoms with van der Waals surface area (Å²) in [5.41, 5.74) is 0.601. The largest absolute Gasteiger partial charge is 0.724 e. The van der Waals surface area contributed by atoms with Crippen molar-refractivity contribution in [1.82, 2.24) is 19.7 Å². The van der Waals surface area contributed by atoms with Crippen molar-refractivity contribution in [2.75, 3.05) is 13.1 Å².